The Morgan fingerprint density at radius 2 is 1.80 bits per heavy atom. The zero-order chi connectivity index (χ0) is 14.7. The number of benzene rings is 2. The first-order valence-electron chi connectivity index (χ1n) is 6.02. The van der Waals surface area contributed by atoms with E-state index in [9.17, 15) is 14.0 Å². The van der Waals surface area contributed by atoms with Crippen LogP contribution in [0.5, 0.6) is 0 Å². The van der Waals surface area contributed by atoms with Crippen LogP contribution in [-0.4, -0.2) is 18.9 Å². The van der Waals surface area contributed by atoms with Crippen molar-refractivity contribution >= 4 is 11.8 Å². The third kappa shape index (κ3) is 2.74. The maximum atomic E-state index is 13.9. The largest absolute Gasteiger partial charge is 0.465 e. The number of ether oxygens (including phenoxy) is 1. The maximum Gasteiger partial charge on any atom is 0.337 e. The quantitative estimate of drug-likeness (QED) is 0.634. The number of halogens is 1. The molecule has 0 atom stereocenters. The average molecular weight is 272 g/mol. The first-order valence-corrected chi connectivity index (χ1v) is 6.02. The highest BCUT2D eigenvalue weighted by atomic mass is 19.1. The lowest BCUT2D eigenvalue weighted by molar-refractivity contribution is 0.0600. The van der Waals surface area contributed by atoms with Crippen molar-refractivity contribution in [3.63, 3.8) is 0 Å². The lowest BCUT2D eigenvalue weighted by Crippen LogP contribution is -2.01. The summed E-state index contributed by atoms with van der Waals surface area (Å²) in [5.41, 5.74) is 1.56. The molecule has 0 spiro atoms. The van der Waals surface area contributed by atoms with Crippen molar-refractivity contribution in [2.24, 2.45) is 0 Å². The minimum atomic E-state index is -0.491. The van der Waals surface area contributed by atoms with Crippen LogP contribution < -0.4 is 0 Å². The van der Waals surface area contributed by atoms with E-state index in [1.54, 1.807) is 18.2 Å². The van der Waals surface area contributed by atoms with Crippen LogP contribution in [0.3, 0.4) is 0 Å². The molecule has 0 saturated heterocycles. The monoisotopic (exact) mass is 272 g/mol. The Morgan fingerprint density at radius 1 is 1.05 bits per heavy atom. The van der Waals surface area contributed by atoms with E-state index in [1.807, 2.05) is 0 Å². The molecule has 0 radical (unpaired) electrons. The number of hydrogen-bond donors (Lipinski definition) is 0. The van der Waals surface area contributed by atoms with Gasteiger partial charge in [-0.25, -0.2) is 9.18 Å². The highest BCUT2D eigenvalue weighted by Crippen LogP contribution is 2.25. The van der Waals surface area contributed by atoms with Crippen molar-refractivity contribution in [3.05, 3.63) is 59.4 Å². The summed E-state index contributed by atoms with van der Waals surface area (Å²) in [5, 5.41) is 0. The first-order chi connectivity index (χ1) is 9.52. The van der Waals surface area contributed by atoms with Gasteiger partial charge in [0, 0.05) is 11.1 Å². The normalized spacial score (nSPS) is 10.2. The van der Waals surface area contributed by atoms with Crippen LogP contribution in [0.4, 0.5) is 4.39 Å². The van der Waals surface area contributed by atoms with E-state index in [0.717, 1.165) is 0 Å². The number of rotatable bonds is 3. The van der Waals surface area contributed by atoms with Gasteiger partial charge in [-0.1, -0.05) is 12.1 Å². The van der Waals surface area contributed by atoms with Gasteiger partial charge in [0.2, 0.25) is 0 Å². The molecule has 102 valence electrons. The molecule has 2 aromatic carbocycles. The number of Topliss-reactive ketones (excluding diaryl/α,β-unsaturated/α-hetero) is 1. The Bertz CT molecular complexity index is 677. The topological polar surface area (TPSA) is 43.4 Å². The molecule has 4 heteroatoms. The molecule has 0 aliphatic carbocycles. The lowest BCUT2D eigenvalue weighted by atomic mass is 9.99. The molecule has 0 aliphatic rings. The van der Waals surface area contributed by atoms with Crippen LogP contribution in [0.15, 0.2) is 42.5 Å². The summed E-state index contributed by atoms with van der Waals surface area (Å²) in [5.74, 6) is -1.08. The van der Waals surface area contributed by atoms with Gasteiger partial charge >= 0.3 is 5.97 Å². The number of ketones is 1. The summed E-state index contributed by atoms with van der Waals surface area (Å²) in [6.45, 7) is 1.42. The summed E-state index contributed by atoms with van der Waals surface area (Å²) in [6, 6.07) is 10.6. The molecule has 0 unspecified atom stereocenters. The van der Waals surface area contributed by atoms with E-state index >= 15 is 0 Å². The van der Waals surface area contributed by atoms with E-state index in [-0.39, 0.29) is 11.3 Å². The van der Waals surface area contributed by atoms with Crippen molar-refractivity contribution in [3.8, 4) is 11.1 Å². The van der Waals surface area contributed by atoms with Gasteiger partial charge in [0.15, 0.2) is 5.78 Å². The molecule has 3 nitrogen and oxygen atoms in total. The molecule has 0 saturated carbocycles. The lowest BCUT2D eigenvalue weighted by Gasteiger charge is -2.07. The van der Waals surface area contributed by atoms with Crippen molar-refractivity contribution in [2.45, 2.75) is 6.92 Å². The van der Waals surface area contributed by atoms with Gasteiger partial charge in [0.05, 0.1) is 12.7 Å². The maximum absolute atomic E-state index is 13.9. The number of esters is 1. The molecule has 0 fully saturated rings. The van der Waals surface area contributed by atoms with Crippen LogP contribution in [0, 0.1) is 5.82 Å². The van der Waals surface area contributed by atoms with Gasteiger partial charge in [0.1, 0.15) is 5.82 Å². The smallest absolute Gasteiger partial charge is 0.337 e. The zero-order valence-corrected chi connectivity index (χ0v) is 11.1. The molecule has 0 heterocycles. The molecular formula is C16H13FO3. The number of hydrogen-bond acceptors (Lipinski definition) is 3. The molecule has 0 aliphatic heterocycles. The Hall–Kier alpha value is -2.49. The highest BCUT2D eigenvalue weighted by Gasteiger charge is 2.11. The molecule has 0 aromatic heterocycles. The number of carbonyl (C=O) groups is 2. The van der Waals surface area contributed by atoms with Crippen molar-refractivity contribution in [1.82, 2.24) is 0 Å². The Kier molecular flexibility index (Phi) is 3.94. The van der Waals surface area contributed by atoms with Crippen molar-refractivity contribution in [2.75, 3.05) is 7.11 Å². The predicted octanol–water partition coefficient (Wildman–Crippen LogP) is 3.48. The van der Waals surface area contributed by atoms with E-state index < -0.39 is 11.8 Å². The molecule has 0 bridgehead atoms. The third-order valence-electron chi connectivity index (χ3n) is 2.97. The highest BCUT2D eigenvalue weighted by molar-refractivity contribution is 5.96. The molecule has 0 N–H and O–H groups in total. The summed E-state index contributed by atoms with van der Waals surface area (Å²) in [6.07, 6.45) is 0. The Balaban J connectivity index is 2.53. The predicted molar refractivity (Wildman–Crippen MR) is 73.2 cm³/mol. The molecule has 2 aromatic rings. The summed E-state index contributed by atoms with van der Waals surface area (Å²) in [7, 11) is 1.28. The van der Waals surface area contributed by atoms with E-state index in [1.165, 1.54) is 38.3 Å². The van der Waals surface area contributed by atoms with E-state index in [0.29, 0.717) is 16.7 Å². The average Bonchev–Trinajstić information content (AvgIpc) is 2.46. The molecular weight excluding hydrogens is 259 g/mol. The van der Waals surface area contributed by atoms with Gasteiger partial charge in [-0.05, 0) is 42.8 Å². The van der Waals surface area contributed by atoms with Crippen LogP contribution in [-0.2, 0) is 4.74 Å². The number of carbonyl (C=O) groups excluding carboxylic acids is 2. The van der Waals surface area contributed by atoms with Crippen molar-refractivity contribution in [1.29, 1.82) is 0 Å². The summed E-state index contributed by atoms with van der Waals surface area (Å²) >= 11 is 0. The standard InChI is InChI=1S/C16H13FO3/c1-10(18)11-6-7-15(17)14(9-11)12-4-3-5-13(8-12)16(19)20-2/h3-9H,1-2H3. The molecule has 0 amide bonds. The fourth-order valence-corrected chi connectivity index (χ4v) is 1.90. The Morgan fingerprint density at radius 3 is 2.45 bits per heavy atom. The Labute approximate surface area is 116 Å². The third-order valence-corrected chi connectivity index (χ3v) is 2.97. The SMILES string of the molecule is COC(=O)c1cccc(-c2cc(C(C)=O)ccc2F)c1. The minimum Gasteiger partial charge on any atom is -0.465 e. The summed E-state index contributed by atoms with van der Waals surface area (Å²) < 4.78 is 18.5. The first kappa shape index (κ1) is 13.9. The van der Waals surface area contributed by atoms with Gasteiger partial charge in [-0.15, -0.1) is 0 Å². The van der Waals surface area contributed by atoms with Crippen molar-refractivity contribution < 1.29 is 18.7 Å². The molecule has 2 rings (SSSR count). The van der Waals surface area contributed by atoms with Crippen LogP contribution >= 0.6 is 0 Å². The second-order valence-corrected chi connectivity index (χ2v) is 4.32. The van der Waals surface area contributed by atoms with E-state index in [4.69, 9.17) is 0 Å². The minimum absolute atomic E-state index is 0.143. The fraction of sp³-hybridized carbons (Fsp3) is 0.125. The van der Waals surface area contributed by atoms with Crippen LogP contribution in [0.1, 0.15) is 27.6 Å². The van der Waals surface area contributed by atoms with E-state index in [2.05, 4.69) is 4.74 Å². The summed E-state index contributed by atoms with van der Waals surface area (Å²) in [4.78, 5) is 22.9. The zero-order valence-electron chi connectivity index (χ0n) is 11.1. The van der Waals surface area contributed by atoms with Crippen LogP contribution in [0.25, 0.3) is 11.1 Å². The van der Waals surface area contributed by atoms with Gasteiger partial charge in [-0.3, -0.25) is 4.79 Å². The van der Waals surface area contributed by atoms with Gasteiger partial charge < -0.3 is 4.74 Å². The number of methoxy groups -OCH3 is 1. The van der Waals surface area contributed by atoms with Gasteiger partial charge in [-0.2, -0.15) is 0 Å². The second kappa shape index (κ2) is 5.65. The molecule has 20 heavy (non-hydrogen) atoms. The second-order valence-electron chi connectivity index (χ2n) is 4.32. The fourth-order valence-electron chi connectivity index (χ4n) is 1.90. The van der Waals surface area contributed by atoms with Crippen LogP contribution in [0.2, 0.25) is 0 Å². The van der Waals surface area contributed by atoms with Gasteiger partial charge in [0.25, 0.3) is 0 Å².